The maximum absolute atomic E-state index is 12.4. The third-order valence-corrected chi connectivity index (χ3v) is 5.77. The zero-order valence-corrected chi connectivity index (χ0v) is 17.6. The minimum Gasteiger partial charge on any atom is -0.497 e. The van der Waals surface area contributed by atoms with Gasteiger partial charge >= 0.3 is 0 Å². The summed E-state index contributed by atoms with van der Waals surface area (Å²) in [6.07, 6.45) is 4.42. The zero-order chi connectivity index (χ0) is 21.5. The van der Waals surface area contributed by atoms with E-state index in [-0.39, 0.29) is 11.6 Å². The Balaban J connectivity index is 1.40. The van der Waals surface area contributed by atoms with Gasteiger partial charge in [0.1, 0.15) is 5.75 Å². The summed E-state index contributed by atoms with van der Waals surface area (Å²) in [6, 6.07) is 12.7. The third-order valence-electron chi connectivity index (χ3n) is 5.77. The molecule has 3 rings (SSSR count). The minimum absolute atomic E-state index is 0.0298. The predicted octanol–water partition coefficient (Wildman–Crippen LogP) is 4.20. The number of piperidine rings is 1. The number of hydrogen-bond acceptors (Lipinski definition) is 5. The number of methoxy groups -OCH3 is 1. The molecule has 1 aliphatic rings. The Morgan fingerprint density at radius 1 is 1.20 bits per heavy atom. The van der Waals surface area contributed by atoms with Crippen molar-refractivity contribution in [3.8, 4) is 5.75 Å². The van der Waals surface area contributed by atoms with Crippen molar-refractivity contribution in [1.29, 1.82) is 0 Å². The number of carbonyl (C=O) groups is 1. The highest BCUT2D eigenvalue weighted by Gasteiger charge is 2.21. The summed E-state index contributed by atoms with van der Waals surface area (Å²) in [6.45, 7) is 3.94. The molecule has 1 saturated heterocycles. The molecule has 2 aromatic carbocycles. The molecule has 1 N–H and O–H groups in total. The number of hydrogen-bond donors (Lipinski definition) is 1. The normalized spacial score (nSPS) is 15.0. The number of likely N-dealkylation sites (tertiary alicyclic amines) is 1. The van der Waals surface area contributed by atoms with Gasteiger partial charge < -0.3 is 10.1 Å². The average Bonchev–Trinajstić information content (AvgIpc) is 2.75. The Morgan fingerprint density at radius 3 is 2.50 bits per heavy atom. The standard InChI is InChI=1S/C23H29N3O4/c1-17-15-20(26(28)29)7-10-22(17)24-23(27)16-25-13-11-19(12-14-25)4-3-18-5-8-21(30-2)9-6-18/h5-10,15,19H,3-4,11-14,16H2,1-2H3,(H,24,27). The Bertz CT molecular complexity index is 875. The average molecular weight is 412 g/mol. The fraction of sp³-hybridized carbons (Fsp3) is 0.435. The quantitative estimate of drug-likeness (QED) is 0.520. The van der Waals surface area contributed by atoms with Crippen LogP contribution in [0.4, 0.5) is 11.4 Å². The molecule has 7 nitrogen and oxygen atoms in total. The fourth-order valence-electron chi connectivity index (χ4n) is 3.89. The summed E-state index contributed by atoms with van der Waals surface area (Å²) in [5, 5.41) is 13.7. The SMILES string of the molecule is COc1ccc(CCC2CCN(CC(=O)Nc3ccc([N+](=O)[O-])cc3C)CC2)cc1. The monoisotopic (exact) mass is 411 g/mol. The van der Waals surface area contributed by atoms with Crippen LogP contribution in [0.2, 0.25) is 0 Å². The molecule has 0 aliphatic carbocycles. The van der Waals surface area contributed by atoms with E-state index >= 15 is 0 Å². The Hall–Kier alpha value is -2.93. The van der Waals surface area contributed by atoms with Crippen LogP contribution in [0.25, 0.3) is 0 Å². The van der Waals surface area contributed by atoms with E-state index in [9.17, 15) is 14.9 Å². The van der Waals surface area contributed by atoms with E-state index < -0.39 is 4.92 Å². The van der Waals surface area contributed by atoms with Gasteiger partial charge in [-0.15, -0.1) is 0 Å². The van der Waals surface area contributed by atoms with Gasteiger partial charge in [0.25, 0.3) is 5.69 Å². The lowest BCUT2D eigenvalue weighted by Gasteiger charge is -2.31. The second kappa shape index (κ2) is 10.2. The van der Waals surface area contributed by atoms with Gasteiger partial charge in [0, 0.05) is 17.8 Å². The lowest BCUT2D eigenvalue weighted by molar-refractivity contribution is -0.384. The number of nitro groups is 1. The molecule has 0 aromatic heterocycles. The number of nitro benzene ring substituents is 1. The first kappa shape index (κ1) is 21.8. The van der Waals surface area contributed by atoms with Gasteiger partial charge in [0.05, 0.1) is 18.6 Å². The van der Waals surface area contributed by atoms with Crippen LogP contribution in [0.3, 0.4) is 0 Å². The van der Waals surface area contributed by atoms with Crippen LogP contribution in [-0.2, 0) is 11.2 Å². The number of amides is 1. The number of benzene rings is 2. The topological polar surface area (TPSA) is 84.7 Å². The van der Waals surface area contributed by atoms with Crippen molar-refractivity contribution in [1.82, 2.24) is 4.90 Å². The largest absolute Gasteiger partial charge is 0.497 e. The number of rotatable bonds is 8. The molecule has 0 atom stereocenters. The number of carbonyl (C=O) groups excluding carboxylic acids is 1. The van der Waals surface area contributed by atoms with Crippen molar-refractivity contribution in [2.75, 3.05) is 32.1 Å². The molecule has 1 aliphatic heterocycles. The smallest absolute Gasteiger partial charge is 0.269 e. The van der Waals surface area contributed by atoms with E-state index in [0.29, 0.717) is 23.7 Å². The second-order valence-electron chi connectivity index (χ2n) is 7.91. The Morgan fingerprint density at radius 2 is 1.90 bits per heavy atom. The van der Waals surface area contributed by atoms with Crippen molar-refractivity contribution in [3.05, 3.63) is 63.7 Å². The molecule has 160 valence electrons. The summed E-state index contributed by atoms with van der Waals surface area (Å²) < 4.78 is 5.20. The van der Waals surface area contributed by atoms with Gasteiger partial charge in [-0.1, -0.05) is 12.1 Å². The summed E-state index contributed by atoms with van der Waals surface area (Å²) in [7, 11) is 1.68. The van der Waals surface area contributed by atoms with E-state index in [0.717, 1.165) is 44.5 Å². The van der Waals surface area contributed by atoms with Gasteiger partial charge in [-0.2, -0.15) is 0 Å². The highest BCUT2D eigenvalue weighted by Crippen LogP contribution is 2.24. The number of aryl methyl sites for hydroxylation is 2. The number of ether oxygens (including phenoxy) is 1. The van der Waals surface area contributed by atoms with Crippen LogP contribution >= 0.6 is 0 Å². The van der Waals surface area contributed by atoms with E-state index in [1.165, 1.54) is 17.7 Å². The third kappa shape index (κ3) is 6.03. The van der Waals surface area contributed by atoms with Crippen LogP contribution in [0.5, 0.6) is 5.75 Å². The van der Waals surface area contributed by atoms with Gasteiger partial charge in [-0.3, -0.25) is 19.8 Å². The molecule has 0 spiro atoms. The van der Waals surface area contributed by atoms with Crippen LogP contribution in [0.15, 0.2) is 42.5 Å². The van der Waals surface area contributed by atoms with Gasteiger partial charge in [0.15, 0.2) is 0 Å². The Kier molecular flexibility index (Phi) is 7.41. The molecule has 0 bridgehead atoms. The second-order valence-corrected chi connectivity index (χ2v) is 7.91. The maximum Gasteiger partial charge on any atom is 0.269 e. The first-order valence-corrected chi connectivity index (χ1v) is 10.3. The molecule has 0 radical (unpaired) electrons. The summed E-state index contributed by atoms with van der Waals surface area (Å²) in [5.41, 5.74) is 2.67. The molecule has 0 unspecified atom stereocenters. The van der Waals surface area contributed by atoms with Crippen molar-refractivity contribution in [3.63, 3.8) is 0 Å². The fourth-order valence-corrected chi connectivity index (χ4v) is 3.89. The van der Waals surface area contributed by atoms with E-state index in [1.807, 2.05) is 12.1 Å². The van der Waals surface area contributed by atoms with Crippen molar-refractivity contribution < 1.29 is 14.5 Å². The van der Waals surface area contributed by atoms with Crippen molar-refractivity contribution in [2.45, 2.75) is 32.6 Å². The number of non-ortho nitro benzene ring substituents is 1. The van der Waals surface area contributed by atoms with E-state index in [2.05, 4.69) is 22.3 Å². The molecule has 2 aromatic rings. The van der Waals surface area contributed by atoms with Gasteiger partial charge in [-0.05, 0) is 80.9 Å². The van der Waals surface area contributed by atoms with Crippen LogP contribution in [0.1, 0.15) is 30.4 Å². The highest BCUT2D eigenvalue weighted by molar-refractivity contribution is 5.93. The van der Waals surface area contributed by atoms with E-state index in [4.69, 9.17) is 4.74 Å². The lowest BCUT2D eigenvalue weighted by Crippen LogP contribution is -2.39. The lowest BCUT2D eigenvalue weighted by atomic mass is 9.90. The Labute approximate surface area is 177 Å². The molecular formula is C23H29N3O4. The molecule has 30 heavy (non-hydrogen) atoms. The van der Waals surface area contributed by atoms with Crippen molar-refractivity contribution >= 4 is 17.3 Å². The summed E-state index contributed by atoms with van der Waals surface area (Å²) >= 11 is 0. The van der Waals surface area contributed by atoms with Crippen molar-refractivity contribution in [2.24, 2.45) is 5.92 Å². The van der Waals surface area contributed by atoms with Gasteiger partial charge in [0.2, 0.25) is 5.91 Å². The molecule has 1 heterocycles. The molecular weight excluding hydrogens is 382 g/mol. The minimum atomic E-state index is -0.433. The van der Waals surface area contributed by atoms with E-state index in [1.54, 1.807) is 20.1 Å². The summed E-state index contributed by atoms with van der Waals surface area (Å²) in [5.74, 6) is 1.49. The highest BCUT2D eigenvalue weighted by atomic mass is 16.6. The molecule has 1 amide bonds. The van der Waals surface area contributed by atoms with Crippen LogP contribution < -0.4 is 10.1 Å². The predicted molar refractivity (Wildman–Crippen MR) is 117 cm³/mol. The molecule has 0 saturated carbocycles. The number of anilines is 1. The first-order chi connectivity index (χ1) is 14.4. The number of nitrogens with zero attached hydrogens (tertiary/aromatic N) is 2. The van der Waals surface area contributed by atoms with Gasteiger partial charge in [-0.25, -0.2) is 0 Å². The molecule has 7 heteroatoms. The summed E-state index contributed by atoms with van der Waals surface area (Å²) in [4.78, 5) is 25.0. The maximum atomic E-state index is 12.4. The zero-order valence-electron chi connectivity index (χ0n) is 17.6. The molecule has 1 fully saturated rings. The number of nitrogens with one attached hydrogen (secondary N) is 1. The first-order valence-electron chi connectivity index (χ1n) is 10.3. The van der Waals surface area contributed by atoms with Crippen LogP contribution in [-0.4, -0.2) is 42.5 Å². The van der Waals surface area contributed by atoms with Crippen LogP contribution in [0, 0.1) is 23.0 Å².